The van der Waals surface area contributed by atoms with Crippen molar-refractivity contribution in [3.63, 3.8) is 0 Å². The molecule has 1 fully saturated rings. The van der Waals surface area contributed by atoms with E-state index in [-0.39, 0.29) is 5.92 Å². The molecule has 0 amide bonds. The van der Waals surface area contributed by atoms with Crippen LogP contribution in [0.25, 0.3) is 0 Å². The molecule has 0 radical (unpaired) electrons. The Morgan fingerprint density at radius 1 is 1.50 bits per heavy atom. The Labute approximate surface area is 124 Å². The normalized spacial score (nSPS) is 20.2. The third-order valence-corrected chi connectivity index (χ3v) is 6.55. The van der Waals surface area contributed by atoms with Crippen molar-refractivity contribution in [2.75, 3.05) is 26.8 Å². The maximum Gasteiger partial charge on any atom is 0.250 e. The van der Waals surface area contributed by atoms with Crippen LogP contribution in [0.2, 0.25) is 0 Å². The lowest BCUT2D eigenvalue weighted by Gasteiger charge is -2.21. The maximum absolute atomic E-state index is 12.3. The van der Waals surface area contributed by atoms with Gasteiger partial charge in [0.2, 0.25) is 10.0 Å². The SMILES string of the molecule is CNCc1sc(S(=O)(=O)NCC2CCCOC2)cc1C. The first-order valence-corrected chi connectivity index (χ1v) is 9.14. The van der Waals surface area contributed by atoms with Crippen molar-refractivity contribution in [1.82, 2.24) is 10.0 Å². The van der Waals surface area contributed by atoms with Crippen molar-refractivity contribution in [1.29, 1.82) is 0 Å². The number of nitrogens with one attached hydrogen (secondary N) is 2. The van der Waals surface area contributed by atoms with Crippen LogP contribution in [0.1, 0.15) is 23.3 Å². The first-order chi connectivity index (χ1) is 9.53. The first-order valence-electron chi connectivity index (χ1n) is 6.84. The second-order valence-electron chi connectivity index (χ2n) is 5.14. The number of hydrogen-bond donors (Lipinski definition) is 2. The van der Waals surface area contributed by atoms with Gasteiger partial charge in [-0.25, -0.2) is 13.1 Å². The molecule has 1 atom stereocenters. The summed E-state index contributed by atoms with van der Waals surface area (Å²) >= 11 is 1.33. The molecule has 2 heterocycles. The summed E-state index contributed by atoms with van der Waals surface area (Å²) in [4.78, 5) is 1.06. The molecule has 1 unspecified atom stereocenters. The summed E-state index contributed by atoms with van der Waals surface area (Å²) in [5.41, 5.74) is 1.02. The summed E-state index contributed by atoms with van der Waals surface area (Å²) in [6.45, 7) is 4.54. The summed E-state index contributed by atoms with van der Waals surface area (Å²) in [7, 11) is -1.54. The van der Waals surface area contributed by atoms with Crippen LogP contribution in [-0.2, 0) is 21.3 Å². The van der Waals surface area contributed by atoms with Crippen molar-refractivity contribution in [3.8, 4) is 0 Å². The summed E-state index contributed by atoms with van der Waals surface area (Å²) in [6, 6.07) is 1.75. The van der Waals surface area contributed by atoms with Gasteiger partial charge >= 0.3 is 0 Å². The summed E-state index contributed by atoms with van der Waals surface area (Å²) in [5.74, 6) is 0.288. The fourth-order valence-electron chi connectivity index (χ4n) is 2.22. The molecule has 0 aliphatic carbocycles. The van der Waals surface area contributed by atoms with E-state index in [0.717, 1.165) is 29.9 Å². The van der Waals surface area contributed by atoms with Gasteiger partial charge in [0, 0.05) is 24.6 Å². The van der Waals surface area contributed by atoms with E-state index in [9.17, 15) is 8.42 Å². The van der Waals surface area contributed by atoms with Gasteiger partial charge < -0.3 is 10.1 Å². The van der Waals surface area contributed by atoms with Gasteiger partial charge in [0.25, 0.3) is 0 Å². The van der Waals surface area contributed by atoms with Gasteiger partial charge in [0.1, 0.15) is 4.21 Å². The van der Waals surface area contributed by atoms with Gasteiger partial charge in [0.05, 0.1) is 6.61 Å². The fourth-order valence-corrected chi connectivity index (χ4v) is 4.99. The van der Waals surface area contributed by atoms with Crippen molar-refractivity contribution >= 4 is 21.4 Å². The molecule has 20 heavy (non-hydrogen) atoms. The van der Waals surface area contributed by atoms with E-state index in [4.69, 9.17) is 4.74 Å². The second kappa shape index (κ2) is 7.00. The van der Waals surface area contributed by atoms with Gasteiger partial charge in [-0.2, -0.15) is 0 Å². The van der Waals surface area contributed by atoms with Gasteiger partial charge in [0.15, 0.2) is 0 Å². The molecule has 2 rings (SSSR count). The van der Waals surface area contributed by atoms with E-state index in [1.807, 2.05) is 14.0 Å². The van der Waals surface area contributed by atoms with Gasteiger partial charge in [-0.3, -0.25) is 0 Å². The van der Waals surface area contributed by atoms with Gasteiger partial charge in [-0.1, -0.05) is 0 Å². The highest BCUT2D eigenvalue weighted by atomic mass is 32.2. The van der Waals surface area contributed by atoms with Crippen LogP contribution < -0.4 is 10.0 Å². The number of ether oxygens (including phenoxy) is 1. The highest BCUT2D eigenvalue weighted by Gasteiger charge is 2.21. The van der Waals surface area contributed by atoms with Gasteiger partial charge in [-0.15, -0.1) is 11.3 Å². The Morgan fingerprint density at radius 2 is 2.30 bits per heavy atom. The predicted molar refractivity (Wildman–Crippen MR) is 80.6 cm³/mol. The number of thiophene rings is 1. The molecule has 1 aliphatic heterocycles. The lowest BCUT2D eigenvalue weighted by atomic mass is 10.0. The van der Waals surface area contributed by atoms with Crippen LogP contribution in [-0.4, -0.2) is 35.2 Å². The molecule has 0 spiro atoms. The van der Waals surface area contributed by atoms with Crippen LogP contribution in [0.15, 0.2) is 10.3 Å². The quantitative estimate of drug-likeness (QED) is 0.834. The third kappa shape index (κ3) is 4.02. The monoisotopic (exact) mass is 318 g/mol. The Hall–Kier alpha value is -0.470. The topological polar surface area (TPSA) is 67.4 Å². The van der Waals surface area contributed by atoms with Crippen molar-refractivity contribution < 1.29 is 13.2 Å². The van der Waals surface area contributed by atoms with Crippen LogP contribution in [0.5, 0.6) is 0 Å². The van der Waals surface area contributed by atoms with Crippen LogP contribution in [0.3, 0.4) is 0 Å². The Balaban J connectivity index is 2.00. The minimum absolute atomic E-state index is 0.288. The average molecular weight is 318 g/mol. The molecular weight excluding hydrogens is 296 g/mol. The number of aryl methyl sites for hydroxylation is 1. The fraction of sp³-hybridized carbons (Fsp3) is 0.692. The molecule has 2 N–H and O–H groups in total. The molecule has 7 heteroatoms. The zero-order valence-corrected chi connectivity index (χ0v) is 13.6. The van der Waals surface area contributed by atoms with E-state index >= 15 is 0 Å². The molecule has 1 aromatic rings. The molecule has 0 bridgehead atoms. The number of sulfonamides is 1. The average Bonchev–Trinajstić information content (AvgIpc) is 2.81. The second-order valence-corrected chi connectivity index (χ2v) is 8.27. The highest BCUT2D eigenvalue weighted by molar-refractivity contribution is 7.91. The molecule has 1 saturated heterocycles. The number of rotatable bonds is 6. The number of hydrogen-bond acceptors (Lipinski definition) is 5. The summed E-state index contributed by atoms with van der Waals surface area (Å²) in [5, 5.41) is 3.05. The standard InChI is InChI=1S/C13H22N2O3S2/c1-10-6-13(19-12(10)8-14-2)20(16,17)15-7-11-4-3-5-18-9-11/h6,11,14-15H,3-5,7-9H2,1-2H3. The molecule has 0 aromatic carbocycles. The Kier molecular flexibility index (Phi) is 5.57. The third-order valence-electron chi connectivity index (χ3n) is 3.42. The molecule has 114 valence electrons. The van der Waals surface area contributed by atoms with Crippen molar-refractivity contribution in [3.05, 3.63) is 16.5 Å². The lowest BCUT2D eigenvalue weighted by Crippen LogP contribution is -2.32. The van der Waals surface area contributed by atoms with Crippen LogP contribution in [0.4, 0.5) is 0 Å². The van der Waals surface area contributed by atoms with Crippen LogP contribution in [0, 0.1) is 12.8 Å². The molecule has 1 aromatic heterocycles. The van der Waals surface area contributed by atoms with Crippen LogP contribution >= 0.6 is 11.3 Å². The van der Waals surface area contributed by atoms with E-state index < -0.39 is 10.0 Å². The smallest absolute Gasteiger partial charge is 0.250 e. The van der Waals surface area contributed by atoms with E-state index in [0.29, 0.717) is 23.9 Å². The van der Waals surface area contributed by atoms with Gasteiger partial charge in [-0.05, 0) is 44.4 Å². The molecule has 0 saturated carbocycles. The summed E-state index contributed by atoms with van der Waals surface area (Å²) in [6.07, 6.45) is 2.04. The molecule has 1 aliphatic rings. The minimum atomic E-state index is -3.39. The zero-order valence-electron chi connectivity index (χ0n) is 11.9. The Morgan fingerprint density at radius 3 is 2.95 bits per heavy atom. The predicted octanol–water partition coefficient (Wildman–Crippen LogP) is 1.48. The van der Waals surface area contributed by atoms with Crippen molar-refractivity contribution in [2.24, 2.45) is 5.92 Å². The summed E-state index contributed by atoms with van der Waals surface area (Å²) < 4.78 is 33.0. The van der Waals surface area contributed by atoms with E-state index in [2.05, 4.69) is 10.0 Å². The van der Waals surface area contributed by atoms with Crippen molar-refractivity contribution in [2.45, 2.75) is 30.5 Å². The molecular formula is C13H22N2O3S2. The molecule has 5 nitrogen and oxygen atoms in total. The first kappa shape index (κ1) is 15.9. The zero-order chi connectivity index (χ0) is 14.6. The Bertz CT molecular complexity index is 534. The highest BCUT2D eigenvalue weighted by Crippen LogP contribution is 2.26. The maximum atomic E-state index is 12.3. The largest absolute Gasteiger partial charge is 0.381 e. The lowest BCUT2D eigenvalue weighted by molar-refractivity contribution is 0.0568. The van der Waals surface area contributed by atoms with E-state index in [1.54, 1.807) is 6.07 Å². The minimum Gasteiger partial charge on any atom is -0.381 e. The van der Waals surface area contributed by atoms with E-state index in [1.165, 1.54) is 11.3 Å².